The summed E-state index contributed by atoms with van der Waals surface area (Å²) >= 11 is 12.8. The summed E-state index contributed by atoms with van der Waals surface area (Å²) in [4.78, 5) is 0. The molecular weight excluding hydrogens is 335 g/mol. The molecule has 0 fully saturated rings. The van der Waals surface area contributed by atoms with E-state index in [1.54, 1.807) is 0 Å². The van der Waals surface area contributed by atoms with E-state index in [1.807, 2.05) is 97.1 Å². The molecule has 3 aromatic carbocycles. The molecule has 0 aliphatic heterocycles. The summed E-state index contributed by atoms with van der Waals surface area (Å²) in [5.74, 6) is 0. The van der Waals surface area contributed by atoms with Gasteiger partial charge in [0.15, 0.2) is 0 Å². The Balaban J connectivity index is 1.83. The maximum atomic E-state index is 6.41. The number of hydrogen-bond acceptors (Lipinski definition) is 0. The molecule has 118 valence electrons. The molecule has 24 heavy (non-hydrogen) atoms. The molecule has 0 aliphatic rings. The zero-order valence-corrected chi connectivity index (χ0v) is 14.5. The molecule has 0 N–H and O–H groups in total. The highest BCUT2D eigenvalue weighted by Gasteiger charge is 2.03. The van der Waals surface area contributed by atoms with Crippen molar-refractivity contribution >= 4 is 47.5 Å². The molecule has 0 saturated carbocycles. The molecule has 0 spiro atoms. The third-order valence-electron chi connectivity index (χ3n) is 3.63. The van der Waals surface area contributed by atoms with E-state index in [-0.39, 0.29) is 0 Å². The fourth-order valence-corrected chi connectivity index (χ4v) is 2.80. The topological polar surface area (TPSA) is 0 Å². The largest absolute Gasteiger partial charge is 0.0837 e. The van der Waals surface area contributed by atoms with Crippen LogP contribution in [-0.2, 0) is 0 Å². The van der Waals surface area contributed by atoms with Gasteiger partial charge in [-0.2, -0.15) is 0 Å². The predicted molar refractivity (Wildman–Crippen MR) is 107 cm³/mol. The van der Waals surface area contributed by atoms with Gasteiger partial charge >= 0.3 is 0 Å². The molecule has 0 saturated heterocycles. The van der Waals surface area contributed by atoms with Gasteiger partial charge < -0.3 is 0 Å². The summed E-state index contributed by atoms with van der Waals surface area (Å²) in [6.45, 7) is 0. The van der Waals surface area contributed by atoms with E-state index in [0.29, 0.717) is 10.0 Å². The first-order chi connectivity index (χ1) is 11.7. The van der Waals surface area contributed by atoms with E-state index >= 15 is 0 Å². The molecule has 0 bridgehead atoms. The minimum absolute atomic E-state index is 0.680. The Bertz CT molecular complexity index is 788. The second-order valence-corrected chi connectivity index (χ2v) is 6.20. The average molecular weight is 351 g/mol. The van der Waals surface area contributed by atoms with Gasteiger partial charge in [-0.1, -0.05) is 108 Å². The van der Waals surface area contributed by atoms with E-state index in [4.69, 9.17) is 23.2 Å². The highest BCUT2D eigenvalue weighted by Crippen LogP contribution is 2.28. The van der Waals surface area contributed by atoms with Crippen LogP contribution in [0.25, 0.3) is 24.3 Å². The second kappa shape index (κ2) is 8.01. The van der Waals surface area contributed by atoms with Gasteiger partial charge in [0.2, 0.25) is 0 Å². The maximum Gasteiger partial charge on any atom is 0.0485 e. The van der Waals surface area contributed by atoms with Crippen molar-refractivity contribution < 1.29 is 0 Å². The normalized spacial score (nSPS) is 11.4. The maximum absolute atomic E-state index is 6.41. The number of rotatable bonds is 4. The van der Waals surface area contributed by atoms with Crippen LogP contribution in [0.15, 0.2) is 72.8 Å². The molecule has 0 heterocycles. The number of hydrogen-bond donors (Lipinski definition) is 0. The average Bonchev–Trinajstić information content (AvgIpc) is 2.62. The molecule has 0 aliphatic carbocycles. The van der Waals surface area contributed by atoms with E-state index in [0.717, 1.165) is 22.3 Å². The third-order valence-corrected chi connectivity index (χ3v) is 4.28. The van der Waals surface area contributed by atoms with Gasteiger partial charge in [0.05, 0.1) is 0 Å². The number of benzene rings is 3. The van der Waals surface area contributed by atoms with Crippen LogP contribution in [0.2, 0.25) is 10.0 Å². The Kier molecular flexibility index (Phi) is 5.53. The van der Waals surface area contributed by atoms with E-state index in [1.165, 1.54) is 0 Å². The Morgan fingerprint density at radius 1 is 0.500 bits per heavy atom. The van der Waals surface area contributed by atoms with Gasteiger partial charge in [0.1, 0.15) is 0 Å². The van der Waals surface area contributed by atoms with E-state index < -0.39 is 0 Å². The predicted octanol–water partition coefficient (Wildman–Crippen LogP) is 7.33. The Morgan fingerprint density at radius 3 is 1.25 bits per heavy atom. The lowest BCUT2D eigenvalue weighted by Crippen LogP contribution is -1.82. The van der Waals surface area contributed by atoms with Crippen LogP contribution in [0.4, 0.5) is 0 Å². The molecule has 0 atom stereocenters. The van der Waals surface area contributed by atoms with Crippen LogP contribution in [0.3, 0.4) is 0 Å². The van der Waals surface area contributed by atoms with Crippen LogP contribution < -0.4 is 0 Å². The van der Waals surface area contributed by atoms with Crippen molar-refractivity contribution in [3.63, 3.8) is 0 Å². The quantitative estimate of drug-likeness (QED) is 0.432. The minimum atomic E-state index is 0.680. The van der Waals surface area contributed by atoms with Gasteiger partial charge in [0.25, 0.3) is 0 Å². The van der Waals surface area contributed by atoms with Crippen molar-refractivity contribution in [3.05, 3.63) is 105 Å². The fraction of sp³-hybridized carbons (Fsp3) is 0. The molecule has 0 radical (unpaired) electrons. The number of halogens is 2. The molecule has 0 nitrogen and oxygen atoms in total. The first-order valence-electron chi connectivity index (χ1n) is 7.68. The lowest BCUT2D eigenvalue weighted by molar-refractivity contribution is 1.61. The Labute approximate surface area is 152 Å². The molecule has 3 aromatic rings. The van der Waals surface area contributed by atoms with Crippen LogP contribution in [0.5, 0.6) is 0 Å². The summed E-state index contributed by atoms with van der Waals surface area (Å²) in [6, 6.07) is 24.0. The molecular formula is C22H16Cl2. The standard InChI is InChI=1S/C22H16Cl2/c23-21-16-20(14-12-18-9-5-2-6-10-18)22(24)15-19(21)13-11-17-7-3-1-4-8-17/h1-16H. The van der Waals surface area contributed by atoms with Crippen molar-refractivity contribution in [2.45, 2.75) is 0 Å². The summed E-state index contributed by atoms with van der Waals surface area (Å²) in [7, 11) is 0. The lowest BCUT2D eigenvalue weighted by Gasteiger charge is -2.04. The van der Waals surface area contributed by atoms with Gasteiger partial charge in [-0.3, -0.25) is 0 Å². The molecule has 0 amide bonds. The Hall–Kier alpha value is -2.28. The summed E-state index contributed by atoms with van der Waals surface area (Å²) < 4.78 is 0. The van der Waals surface area contributed by atoms with E-state index in [9.17, 15) is 0 Å². The molecule has 0 aromatic heterocycles. The smallest absolute Gasteiger partial charge is 0.0485 e. The summed E-state index contributed by atoms with van der Waals surface area (Å²) in [6.07, 6.45) is 8.01. The SMILES string of the molecule is Clc1cc(C=Cc2ccccc2)c(Cl)cc1C=Cc1ccccc1. The van der Waals surface area contributed by atoms with Crippen LogP contribution in [0, 0.1) is 0 Å². The van der Waals surface area contributed by atoms with Crippen molar-refractivity contribution in [2.75, 3.05) is 0 Å². The van der Waals surface area contributed by atoms with Gasteiger partial charge in [-0.05, 0) is 34.4 Å². The minimum Gasteiger partial charge on any atom is -0.0837 e. The van der Waals surface area contributed by atoms with Crippen molar-refractivity contribution in [1.82, 2.24) is 0 Å². The van der Waals surface area contributed by atoms with Gasteiger partial charge in [-0.15, -0.1) is 0 Å². The van der Waals surface area contributed by atoms with Gasteiger partial charge in [-0.25, -0.2) is 0 Å². The summed E-state index contributed by atoms with van der Waals surface area (Å²) in [5, 5.41) is 1.36. The monoisotopic (exact) mass is 350 g/mol. The lowest BCUT2D eigenvalue weighted by atomic mass is 10.1. The Morgan fingerprint density at radius 2 is 0.875 bits per heavy atom. The van der Waals surface area contributed by atoms with Crippen LogP contribution in [0.1, 0.15) is 22.3 Å². The van der Waals surface area contributed by atoms with Crippen molar-refractivity contribution in [2.24, 2.45) is 0 Å². The van der Waals surface area contributed by atoms with Crippen molar-refractivity contribution in [1.29, 1.82) is 0 Å². The fourth-order valence-electron chi connectivity index (χ4n) is 2.33. The summed E-state index contributed by atoms with van der Waals surface area (Å²) in [5.41, 5.74) is 4.06. The van der Waals surface area contributed by atoms with Crippen LogP contribution >= 0.6 is 23.2 Å². The van der Waals surface area contributed by atoms with Crippen LogP contribution in [-0.4, -0.2) is 0 Å². The highest BCUT2D eigenvalue weighted by atomic mass is 35.5. The second-order valence-electron chi connectivity index (χ2n) is 5.38. The van der Waals surface area contributed by atoms with Crippen molar-refractivity contribution in [3.8, 4) is 0 Å². The van der Waals surface area contributed by atoms with E-state index in [2.05, 4.69) is 0 Å². The first-order valence-corrected chi connectivity index (χ1v) is 8.43. The first kappa shape index (κ1) is 16.6. The zero-order valence-electron chi connectivity index (χ0n) is 13.0. The molecule has 3 rings (SSSR count). The third kappa shape index (κ3) is 4.38. The highest BCUT2D eigenvalue weighted by molar-refractivity contribution is 6.35. The zero-order chi connectivity index (χ0) is 16.8. The molecule has 2 heteroatoms. The molecule has 0 unspecified atom stereocenters. The van der Waals surface area contributed by atoms with Gasteiger partial charge in [0, 0.05) is 10.0 Å².